The van der Waals surface area contributed by atoms with Crippen molar-refractivity contribution >= 4 is 72.6 Å². The molecule has 14 N–H and O–H groups in total. The maximum Gasteiger partial charge on any atom is 0.327 e. The largest absolute Gasteiger partial charge is 0.480 e. The maximum atomic E-state index is 13.5. The number of aliphatic imine (C=N–C) groups is 1. The number of carboxylic acid groups (broad SMARTS) is 1. The van der Waals surface area contributed by atoms with Gasteiger partial charge in [0.15, 0.2) is 5.96 Å². The fraction of sp³-hybridized carbons (Fsp3) is 0.714. The molecule has 0 aliphatic carbocycles. The summed E-state index contributed by atoms with van der Waals surface area (Å²) in [5, 5.41) is 33.6. The van der Waals surface area contributed by atoms with E-state index in [9.17, 15) is 43.8 Å². The lowest BCUT2D eigenvalue weighted by Gasteiger charge is -2.28. The second-order valence-electron chi connectivity index (χ2n) is 11.8. The third-order valence-corrected chi connectivity index (χ3v) is 7.51. The van der Waals surface area contributed by atoms with E-state index in [0.717, 1.165) is 0 Å². The number of aliphatic carboxylic acids is 1. The molecule has 0 fully saturated rings. The van der Waals surface area contributed by atoms with Crippen LogP contribution < -0.4 is 49.1 Å². The van der Waals surface area contributed by atoms with Crippen molar-refractivity contribution in [3.05, 3.63) is 0 Å². The Labute approximate surface area is 296 Å². The van der Waals surface area contributed by atoms with Gasteiger partial charge in [0.25, 0.3) is 0 Å². The number of nitrogens with one attached hydrogen (secondary N) is 6. The van der Waals surface area contributed by atoms with Gasteiger partial charge in [0.2, 0.25) is 35.4 Å². The van der Waals surface area contributed by atoms with Gasteiger partial charge in [-0.2, -0.15) is 25.3 Å². The maximum absolute atomic E-state index is 13.5. The van der Waals surface area contributed by atoms with Gasteiger partial charge in [-0.25, -0.2) is 4.79 Å². The SMILES string of the molecule is CC(C)C[C@H](NC(=O)[C@H](CO)NC(=O)CNC(=O)[C@@H](N)CS)C(=O)N[C@H](C(=O)N[C@@H](CCCN=C(N)N)C(=O)N[C@@H](CS)C(=O)O)C(C)C. The first-order valence-corrected chi connectivity index (χ1v) is 16.8. The molecule has 0 aromatic rings. The van der Waals surface area contributed by atoms with Crippen LogP contribution in [0.3, 0.4) is 0 Å². The number of hydrogen-bond donors (Lipinski definition) is 13. The number of carbonyl (C=O) groups is 7. The van der Waals surface area contributed by atoms with Crippen molar-refractivity contribution < 1.29 is 43.8 Å². The molecule has 0 spiro atoms. The summed E-state index contributed by atoms with van der Waals surface area (Å²) in [7, 11) is 0. The normalized spacial score (nSPS) is 14.7. The zero-order valence-corrected chi connectivity index (χ0v) is 29.9. The van der Waals surface area contributed by atoms with Gasteiger partial charge in [-0.05, 0) is 31.1 Å². The average Bonchev–Trinajstić information content (AvgIpc) is 3.03. The van der Waals surface area contributed by atoms with Gasteiger partial charge in [0.1, 0.15) is 30.2 Å². The highest BCUT2D eigenvalue weighted by Gasteiger charge is 2.33. The van der Waals surface area contributed by atoms with E-state index in [2.05, 4.69) is 62.2 Å². The number of aliphatic hydroxyl groups is 1. The number of carbonyl (C=O) groups excluding carboxylic acids is 6. The fourth-order valence-electron chi connectivity index (χ4n) is 4.08. The lowest BCUT2D eigenvalue weighted by Crippen LogP contribution is -2.60. The summed E-state index contributed by atoms with van der Waals surface area (Å²) < 4.78 is 0. The van der Waals surface area contributed by atoms with Crippen LogP contribution in [0.25, 0.3) is 0 Å². The van der Waals surface area contributed by atoms with Crippen molar-refractivity contribution in [1.29, 1.82) is 0 Å². The van der Waals surface area contributed by atoms with Crippen molar-refractivity contribution in [3.63, 3.8) is 0 Å². The molecule has 0 aliphatic rings. The third kappa shape index (κ3) is 17.9. The number of rotatable bonds is 23. The molecule has 0 saturated carbocycles. The first-order chi connectivity index (χ1) is 22.9. The highest BCUT2D eigenvalue weighted by molar-refractivity contribution is 7.80. The predicted molar refractivity (Wildman–Crippen MR) is 187 cm³/mol. The number of nitrogens with zero attached hydrogens (tertiary/aromatic N) is 1. The molecule has 0 aliphatic heterocycles. The molecule has 6 atom stereocenters. The van der Waals surface area contributed by atoms with Crippen LogP contribution in [0, 0.1) is 11.8 Å². The Morgan fingerprint density at radius 1 is 0.735 bits per heavy atom. The van der Waals surface area contributed by atoms with Gasteiger partial charge < -0.3 is 59.3 Å². The third-order valence-electron chi connectivity index (χ3n) is 6.75. The zero-order chi connectivity index (χ0) is 37.8. The van der Waals surface area contributed by atoms with Crippen molar-refractivity contribution in [2.45, 2.75) is 83.2 Å². The number of thiol groups is 2. The van der Waals surface area contributed by atoms with Crippen LogP contribution in [0.4, 0.5) is 0 Å². The molecule has 21 heteroatoms. The van der Waals surface area contributed by atoms with Crippen LogP contribution >= 0.6 is 25.3 Å². The lowest BCUT2D eigenvalue weighted by molar-refractivity contribution is -0.141. The number of guanidine groups is 1. The number of hydrogen-bond acceptors (Lipinski definition) is 12. The van der Waals surface area contributed by atoms with Crippen molar-refractivity contribution in [1.82, 2.24) is 31.9 Å². The van der Waals surface area contributed by atoms with Crippen molar-refractivity contribution in [2.75, 3.05) is 31.2 Å². The summed E-state index contributed by atoms with van der Waals surface area (Å²) in [4.78, 5) is 92.4. The van der Waals surface area contributed by atoms with Gasteiger partial charge in [-0.3, -0.25) is 33.8 Å². The van der Waals surface area contributed by atoms with E-state index < -0.39 is 96.7 Å². The summed E-state index contributed by atoms with van der Waals surface area (Å²) in [5.41, 5.74) is 16.2. The molecular formula is C28H52N10O9S2. The summed E-state index contributed by atoms with van der Waals surface area (Å²) >= 11 is 7.84. The summed E-state index contributed by atoms with van der Waals surface area (Å²) in [6.45, 7) is 5.57. The Kier molecular flexibility index (Phi) is 21.7. The van der Waals surface area contributed by atoms with E-state index >= 15 is 0 Å². The molecule has 0 heterocycles. The minimum Gasteiger partial charge on any atom is -0.480 e. The molecule has 0 unspecified atom stereocenters. The standard InChI is InChI=1S/C28H52N10O9S2/c1-13(2)8-17(36-25(44)18(10-39)34-20(40)9-33-22(41)15(29)11-48)24(43)38-21(14(3)4)26(45)35-16(6-5-7-32-28(30)31)23(42)37-19(12-49)27(46)47/h13-19,21,39,48-49H,5-12,29H2,1-4H3,(H,33,41)(H,34,40)(H,35,45)(H,36,44)(H,37,42)(H,38,43)(H,46,47)(H4,30,31,32)/t15-,16-,17-,18-,19-,21-/m0/s1. The van der Waals surface area contributed by atoms with Gasteiger partial charge in [-0.1, -0.05) is 27.7 Å². The van der Waals surface area contributed by atoms with Crippen LogP contribution in [0.2, 0.25) is 0 Å². The Bertz CT molecular complexity index is 1170. The molecule has 0 rings (SSSR count). The molecule has 0 bridgehead atoms. The van der Waals surface area contributed by atoms with Crippen LogP contribution in [-0.2, 0) is 33.6 Å². The average molecular weight is 737 g/mol. The second kappa shape index (κ2) is 23.5. The van der Waals surface area contributed by atoms with Crippen molar-refractivity contribution in [3.8, 4) is 0 Å². The van der Waals surface area contributed by atoms with E-state index in [4.69, 9.17) is 17.2 Å². The predicted octanol–water partition coefficient (Wildman–Crippen LogP) is -4.45. The minimum atomic E-state index is -1.49. The highest BCUT2D eigenvalue weighted by Crippen LogP contribution is 2.10. The quantitative estimate of drug-likeness (QED) is 0.0205. The van der Waals surface area contributed by atoms with Gasteiger partial charge in [-0.15, -0.1) is 0 Å². The number of carboxylic acids is 1. The lowest BCUT2D eigenvalue weighted by atomic mass is 9.99. The van der Waals surface area contributed by atoms with E-state index in [1.54, 1.807) is 27.7 Å². The Hall–Kier alpha value is -3.82. The Morgan fingerprint density at radius 3 is 1.78 bits per heavy atom. The monoisotopic (exact) mass is 736 g/mol. The van der Waals surface area contributed by atoms with E-state index in [1.165, 1.54) is 0 Å². The van der Waals surface area contributed by atoms with Gasteiger partial charge >= 0.3 is 5.97 Å². The first kappa shape index (κ1) is 45.2. The Balaban J connectivity index is 5.85. The number of aliphatic hydroxyl groups excluding tert-OH is 1. The molecule has 0 aromatic heterocycles. The van der Waals surface area contributed by atoms with Crippen LogP contribution in [0.15, 0.2) is 4.99 Å². The molecule has 0 saturated heterocycles. The summed E-state index contributed by atoms with van der Waals surface area (Å²) in [5.74, 6) is -7.04. The first-order valence-electron chi connectivity index (χ1n) is 15.5. The molecule has 0 radical (unpaired) electrons. The van der Waals surface area contributed by atoms with Crippen LogP contribution in [0.5, 0.6) is 0 Å². The van der Waals surface area contributed by atoms with Crippen molar-refractivity contribution in [2.24, 2.45) is 34.0 Å². The molecule has 19 nitrogen and oxygen atoms in total. The molecule has 0 aromatic carbocycles. The van der Waals surface area contributed by atoms with Gasteiger partial charge in [0.05, 0.1) is 19.2 Å². The minimum absolute atomic E-state index is 0.0119. The summed E-state index contributed by atoms with van der Waals surface area (Å²) in [6, 6.07) is -7.45. The topological polar surface area (TPSA) is 323 Å². The smallest absolute Gasteiger partial charge is 0.327 e. The molecule has 280 valence electrons. The molecule has 6 amide bonds. The van der Waals surface area contributed by atoms with Gasteiger partial charge in [0, 0.05) is 18.1 Å². The van der Waals surface area contributed by atoms with E-state index in [-0.39, 0.29) is 49.2 Å². The van der Waals surface area contributed by atoms with Crippen LogP contribution in [-0.4, -0.2) is 125 Å². The number of nitrogens with two attached hydrogens (primary N) is 3. The fourth-order valence-corrected chi connectivity index (χ4v) is 4.49. The molecular weight excluding hydrogens is 685 g/mol. The van der Waals surface area contributed by atoms with E-state index in [0.29, 0.717) is 0 Å². The number of amides is 6. The molecule has 49 heavy (non-hydrogen) atoms. The zero-order valence-electron chi connectivity index (χ0n) is 28.1. The Morgan fingerprint density at radius 2 is 1.29 bits per heavy atom. The van der Waals surface area contributed by atoms with Crippen LogP contribution in [0.1, 0.15) is 47.0 Å². The van der Waals surface area contributed by atoms with E-state index in [1.807, 2.05) is 0 Å². The summed E-state index contributed by atoms with van der Waals surface area (Å²) in [6.07, 6.45) is 0.343. The second-order valence-corrected chi connectivity index (χ2v) is 12.6. The highest BCUT2D eigenvalue weighted by atomic mass is 32.1.